The lowest BCUT2D eigenvalue weighted by atomic mass is 10.1. The first-order valence-electron chi connectivity index (χ1n) is 16.4. The van der Waals surface area contributed by atoms with Crippen LogP contribution in [0.1, 0.15) is 51.9 Å². The molecule has 0 bridgehead atoms. The summed E-state index contributed by atoms with van der Waals surface area (Å²) in [6.07, 6.45) is 7.43. The average molecular weight is 642 g/mol. The number of rotatable bonds is 39. The summed E-state index contributed by atoms with van der Waals surface area (Å²) in [7, 11) is 0. The molecule has 44 heavy (non-hydrogen) atoms. The van der Waals surface area contributed by atoms with Crippen molar-refractivity contribution in [1.82, 2.24) is 0 Å². The number of carbonyl (C=O) groups is 1. The molecule has 0 rings (SSSR count). The number of ether oxygens (including phenoxy) is 11. The summed E-state index contributed by atoms with van der Waals surface area (Å²) >= 11 is 0. The Morgan fingerprint density at radius 1 is 0.386 bits per heavy atom. The lowest BCUT2D eigenvalue weighted by Crippen LogP contribution is -2.16. The smallest absolute Gasteiger partial charge is 0.305 e. The Morgan fingerprint density at radius 3 is 0.977 bits per heavy atom. The molecule has 0 aliphatic carbocycles. The van der Waals surface area contributed by atoms with Crippen LogP contribution < -0.4 is 5.73 Å². The highest BCUT2D eigenvalue weighted by Crippen LogP contribution is 2.07. The Morgan fingerprint density at radius 2 is 0.659 bits per heavy atom. The van der Waals surface area contributed by atoms with Crippen molar-refractivity contribution < 1.29 is 56.9 Å². The largest absolute Gasteiger partial charge is 0.463 e. The number of hydrogen-bond donors (Lipinski definition) is 1. The molecule has 2 N–H and O–H groups in total. The van der Waals surface area contributed by atoms with Gasteiger partial charge in [0.1, 0.15) is 6.61 Å². The van der Waals surface area contributed by atoms with Crippen LogP contribution in [-0.4, -0.2) is 151 Å². The van der Waals surface area contributed by atoms with E-state index in [0.29, 0.717) is 145 Å². The van der Waals surface area contributed by atoms with Crippen LogP contribution in [0.25, 0.3) is 0 Å². The molecule has 0 unspecified atom stereocenters. The van der Waals surface area contributed by atoms with Crippen molar-refractivity contribution in [2.75, 3.05) is 145 Å². The van der Waals surface area contributed by atoms with E-state index >= 15 is 0 Å². The summed E-state index contributed by atoms with van der Waals surface area (Å²) < 4.78 is 59.3. The molecule has 0 aliphatic rings. The van der Waals surface area contributed by atoms with Crippen LogP contribution in [0, 0.1) is 0 Å². The van der Waals surface area contributed by atoms with Crippen molar-refractivity contribution in [3.8, 4) is 0 Å². The first-order valence-corrected chi connectivity index (χ1v) is 16.4. The molecule has 13 nitrogen and oxygen atoms in total. The third kappa shape index (κ3) is 39.1. The molecule has 0 saturated carbocycles. The average Bonchev–Trinajstić information content (AvgIpc) is 3.03. The second-order valence-corrected chi connectivity index (χ2v) is 9.65. The Bertz CT molecular complexity index is 548. The van der Waals surface area contributed by atoms with Gasteiger partial charge in [-0.1, -0.05) is 39.0 Å². The van der Waals surface area contributed by atoms with Gasteiger partial charge in [-0.3, -0.25) is 4.79 Å². The molecule has 0 atom stereocenters. The number of carbonyl (C=O) groups excluding carboxylic acids is 1. The molecule has 0 aromatic rings. The van der Waals surface area contributed by atoms with Gasteiger partial charge in [0.2, 0.25) is 0 Å². The van der Waals surface area contributed by atoms with Gasteiger partial charge in [0, 0.05) is 13.0 Å². The summed E-state index contributed by atoms with van der Waals surface area (Å²) in [6.45, 7) is 13.1. The van der Waals surface area contributed by atoms with Crippen LogP contribution in [0.2, 0.25) is 0 Å². The van der Waals surface area contributed by atoms with E-state index in [0.717, 1.165) is 12.8 Å². The number of unbranched alkanes of at least 4 members (excludes halogenated alkanes) is 5. The fraction of sp³-hybridized carbons (Fsp3) is 0.968. The minimum atomic E-state index is -0.143. The van der Waals surface area contributed by atoms with Crippen LogP contribution in [-0.2, 0) is 56.9 Å². The predicted molar refractivity (Wildman–Crippen MR) is 166 cm³/mol. The molecule has 0 aromatic carbocycles. The van der Waals surface area contributed by atoms with Crippen molar-refractivity contribution in [1.29, 1.82) is 0 Å². The van der Waals surface area contributed by atoms with Gasteiger partial charge in [-0.2, -0.15) is 0 Å². The zero-order valence-corrected chi connectivity index (χ0v) is 27.5. The van der Waals surface area contributed by atoms with Gasteiger partial charge < -0.3 is 57.8 Å². The quantitative estimate of drug-likeness (QED) is 0.0775. The van der Waals surface area contributed by atoms with Crippen molar-refractivity contribution in [3.63, 3.8) is 0 Å². The van der Waals surface area contributed by atoms with Crippen LogP contribution >= 0.6 is 0 Å². The maximum atomic E-state index is 11.7. The normalized spacial score (nSPS) is 11.4. The fourth-order valence-corrected chi connectivity index (χ4v) is 3.50. The van der Waals surface area contributed by atoms with Gasteiger partial charge in [0.15, 0.2) is 0 Å². The Balaban J connectivity index is 3.09. The zero-order chi connectivity index (χ0) is 31.9. The summed E-state index contributed by atoms with van der Waals surface area (Å²) in [5.74, 6) is -0.143. The van der Waals surface area contributed by atoms with Gasteiger partial charge in [0.05, 0.1) is 132 Å². The standard InChI is InChI=1S/C31H63NO12/c1-2-3-4-5-6-7-8-31(33)44-30-29-43-28-27-42-26-25-41-24-23-40-22-21-39-20-19-38-18-17-37-16-15-36-14-13-35-12-11-34-10-9-32/h2-30,32H2,1H3. The van der Waals surface area contributed by atoms with Crippen LogP contribution in [0.5, 0.6) is 0 Å². The molecule has 264 valence electrons. The van der Waals surface area contributed by atoms with Gasteiger partial charge >= 0.3 is 5.97 Å². The predicted octanol–water partition coefficient (Wildman–Crippen LogP) is 2.40. The van der Waals surface area contributed by atoms with E-state index in [1.165, 1.54) is 25.7 Å². The van der Waals surface area contributed by atoms with E-state index in [9.17, 15) is 4.79 Å². The highest BCUT2D eigenvalue weighted by atomic mass is 16.6. The number of hydrogen-bond acceptors (Lipinski definition) is 13. The highest BCUT2D eigenvalue weighted by Gasteiger charge is 2.02. The van der Waals surface area contributed by atoms with E-state index in [1.54, 1.807) is 0 Å². The first-order chi connectivity index (χ1) is 21.8. The molecule has 0 saturated heterocycles. The lowest BCUT2D eigenvalue weighted by Gasteiger charge is -2.09. The second kappa shape index (κ2) is 40.1. The van der Waals surface area contributed by atoms with Crippen LogP contribution in [0.3, 0.4) is 0 Å². The van der Waals surface area contributed by atoms with E-state index in [2.05, 4.69) is 6.92 Å². The second-order valence-electron chi connectivity index (χ2n) is 9.65. The lowest BCUT2D eigenvalue weighted by molar-refractivity contribution is -0.145. The monoisotopic (exact) mass is 641 g/mol. The molecule has 0 amide bonds. The summed E-state index contributed by atoms with van der Waals surface area (Å²) in [4.78, 5) is 11.7. The van der Waals surface area contributed by atoms with Crippen molar-refractivity contribution in [2.24, 2.45) is 5.73 Å². The minimum Gasteiger partial charge on any atom is -0.463 e. The molecule has 0 heterocycles. The van der Waals surface area contributed by atoms with E-state index in [1.807, 2.05) is 0 Å². The third-order valence-corrected chi connectivity index (χ3v) is 5.84. The molecular formula is C31H63NO12. The zero-order valence-electron chi connectivity index (χ0n) is 27.5. The van der Waals surface area contributed by atoms with E-state index < -0.39 is 0 Å². The van der Waals surface area contributed by atoms with E-state index in [-0.39, 0.29) is 12.6 Å². The minimum absolute atomic E-state index is 0.143. The van der Waals surface area contributed by atoms with E-state index in [4.69, 9.17) is 57.8 Å². The molecule has 0 aliphatic heterocycles. The summed E-state index contributed by atoms with van der Waals surface area (Å²) in [5.41, 5.74) is 5.33. The topological polar surface area (TPSA) is 145 Å². The third-order valence-electron chi connectivity index (χ3n) is 5.84. The van der Waals surface area contributed by atoms with Crippen molar-refractivity contribution >= 4 is 5.97 Å². The maximum absolute atomic E-state index is 11.7. The Hall–Kier alpha value is -0.970. The molecule has 0 aromatic heterocycles. The molecule has 0 fully saturated rings. The highest BCUT2D eigenvalue weighted by molar-refractivity contribution is 5.69. The van der Waals surface area contributed by atoms with Crippen molar-refractivity contribution in [3.05, 3.63) is 0 Å². The molecule has 0 radical (unpaired) electrons. The molecular weight excluding hydrogens is 578 g/mol. The van der Waals surface area contributed by atoms with Crippen LogP contribution in [0.4, 0.5) is 0 Å². The van der Waals surface area contributed by atoms with Gasteiger partial charge in [-0.15, -0.1) is 0 Å². The summed E-state index contributed by atoms with van der Waals surface area (Å²) in [6, 6.07) is 0. The van der Waals surface area contributed by atoms with Crippen LogP contribution in [0.15, 0.2) is 0 Å². The Labute approximate surface area is 265 Å². The number of esters is 1. The summed E-state index contributed by atoms with van der Waals surface area (Å²) in [5, 5.41) is 0. The first kappa shape index (κ1) is 43.0. The Kier molecular flexibility index (Phi) is 39.2. The SMILES string of the molecule is CCCCCCCCC(=O)OCCOCCOCCOCCOCCOCCOCCOCCOCCOCCOCCN. The van der Waals surface area contributed by atoms with Gasteiger partial charge in [-0.25, -0.2) is 0 Å². The van der Waals surface area contributed by atoms with Crippen molar-refractivity contribution in [2.45, 2.75) is 51.9 Å². The van der Waals surface area contributed by atoms with Gasteiger partial charge in [-0.05, 0) is 6.42 Å². The molecule has 13 heteroatoms. The molecule has 0 spiro atoms. The number of nitrogens with two attached hydrogens (primary N) is 1. The fourth-order valence-electron chi connectivity index (χ4n) is 3.50. The van der Waals surface area contributed by atoms with Gasteiger partial charge in [0.25, 0.3) is 0 Å². The maximum Gasteiger partial charge on any atom is 0.305 e.